The molecule has 1 fully saturated rings. The van der Waals surface area contributed by atoms with Crippen molar-refractivity contribution in [3.63, 3.8) is 0 Å². The third kappa shape index (κ3) is 3.93. The number of rotatable bonds is 6. The van der Waals surface area contributed by atoms with Crippen molar-refractivity contribution in [3.05, 3.63) is 65.8 Å². The van der Waals surface area contributed by atoms with Crippen LogP contribution in [0, 0.1) is 12.8 Å². The van der Waals surface area contributed by atoms with Gasteiger partial charge in [0, 0.05) is 6.20 Å². The molecule has 3 aromatic heterocycles. The van der Waals surface area contributed by atoms with Crippen LogP contribution in [0.5, 0.6) is 5.75 Å². The van der Waals surface area contributed by atoms with E-state index in [0.717, 1.165) is 23.7 Å². The Labute approximate surface area is 180 Å². The van der Waals surface area contributed by atoms with Gasteiger partial charge >= 0.3 is 0 Å². The number of aliphatic hydroxyl groups is 1. The molecule has 4 aromatic rings. The van der Waals surface area contributed by atoms with E-state index in [4.69, 9.17) is 14.1 Å². The van der Waals surface area contributed by atoms with E-state index in [9.17, 15) is 5.11 Å². The summed E-state index contributed by atoms with van der Waals surface area (Å²) in [6, 6.07) is 13.1. The number of imidazole rings is 1. The Bertz CT molecular complexity index is 1160. The molecule has 0 bridgehead atoms. The normalized spacial score (nSPS) is 15.9. The minimum atomic E-state index is -0.976. The zero-order chi connectivity index (χ0) is 21.2. The number of aryl methyl sites for hydroxylation is 1. The summed E-state index contributed by atoms with van der Waals surface area (Å²) >= 11 is 0. The summed E-state index contributed by atoms with van der Waals surface area (Å²) in [5.74, 6) is 1.84. The van der Waals surface area contributed by atoms with E-state index in [-0.39, 0.29) is 5.89 Å². The van der Waals surface area contributed by atoms with Crippen LogP contribution in [0.15, 0.2) is 53.1 Å². The SMILES string of the molecule is Cc1nc2c(OCC3CCCCC3)cccn2c1-c1nnc(C(O)c2ccccc2)o1. The predicted octanol–water partition coefficient (Wildman–Crippen LogP) is 4.73. The number of pyridine rings is 1. The molecule has 3 heterocycles. The van der Waals surface area contributed by atoms with Crippen molar-refractivity contribution in [3.8, 4) is 17.3 Å². The Morgan fingerprint density at radius 3 is 2.71 bits per heavy atom. The van der Waals surface area contributed by atoms with E-state index in [1.54, 1.807) is 0 Å². The van der Waals surface area contributed by atoms with Crippen molar-refractivity contribution in [1.29, 1.82) is 0 Å². The Morgan fingerprint density at radius 2 is 1.90 bits per heavy atom. The van der Waals surface area contributed by atoms with E-state index in [1.165, 1.54) is 32.1 Å². The van der Waals surface area contributed by atoms with Gasteiger partial charge in [-0.2, -0.15) is 0 Å². The van der Waals surface area contributed by atoms with Crippen LogP contribution in [0.25, 0.3) is 17.2 Å². The highest BCUT2D eigenvalue weighted by molar-refractivity contribution is 5.65. The quantitative estimate of drug-likeness (QED) is 0.487. The van der Waals surface area contributed by atoms with Crippen molar-refractivity contribution >= 4 is 5.65 Å². The number of aliphatic hydroxyl groups excluding tert-OH is 1. The lowest BCUT2D eigenvalue weighted by Crippen LogP contribution is -2.15. The maximum absolute atomic E-state index is 10.6. The topological polar surface area (TPSA) is 85.7 Å². The largest absolute Gasteiger partial charge is 0.489 e. The van der Waals surface area contributed by atoms with Crippen molar-refractivity contribution in [2.45, 2.75) is 45.1 Å². The van der Waals surface area contributed by atoms with Gasteiger partial charge in [-0.1, -0.05) is 49.6 Å². The van der Waals surface area contributed by atoms with Crippen molar-refractivity contribution in [1.82, 2.24) is 19.6 Å². The Hall–Kier alpha value is -3.19. The first-order chi connectivity index (χ1) is 15.2. The van der Waals surface area contributed by atoms with Crippen LogP contribution < -0.4 is 4.74 Å². The summed E-state index contributed by atoms with van der Waals surface area (Å²) in [7, 11) is 0. The van der Waals surface area contributed by atoms with Crippen molar-refractivity contribution < 1.29 is 14.3 Å². The lowest BCUT2D eigenvalue weighted by Gasteiger charge is -2.21. The van der Waals surface area contributed by atoms with E-state index in [2.05, 4.69) is 10.2 Å². The summed E-state index contributed by atoms with van der Waals surface area (Å²) < 4.78 is 13.9. The zero-order valence-corrected chi connectivity index (χ0v) is 17.6. The number of ether oxygens (including phenoxy) is 1. The molecule has 1 aliphatic carbocycles. The molecule has 1 aromatic carbocycles. The number of hydrogen-bond acceptors (Lipinski definition) is 6. The average molecular weight is 418 g/mol. The molecule has 31 heavy (non-hydrogen) atoms. The molecule has 1 atom stereocenters. The standard InChI is InChI=1S/C24H26N4O3/c1-16-20(23-26-27-24(31-23)21(29)18-11-6-3-7-12-18)28-14-8-13-19(22(28)25-16)30-15-17-9-4-2-5-10-17/h3,6-8,11-14,17,21,29H,2,4-5,9-10,15H2,1H3. The maximum Gasteiger partial charge on any atom is 0.266 e. The fourth-order valence-electron chi connectivity index (χ4n) is 4.31. The lowest BCUT2D eigenvalue weighted by molar-refractivity contribution is 0.183. The lowest BCUT2D eigenvalue weighted by atomic mass is 9.90. The van der Waals surface area contributed by atoms with Crippen LogP contribution in [0.4, 0.5) is 0 Å². The Morgan fingerprint density at radius 1 is 1.10 bits per heavy atom. The van der Waals surface area contributed by atoms with Gasteiger partial charge in [0.1, 0.15) is 5.69 Å². The van der Waals surface area contributed by atoms with Crippen LogP contribution in [0.2, 0.25) is 0 Å². The molecule has 7 heteroatoms. The Kier molecular flexibility index (Phi) is 5.42. The number of fused-ring (bicyclic) bond motifs is 1. The van der Waals surface area contributed by atoms with Crippen LogP contribution >= 0.6 is 0 Å². The molecule has 1 N–H and O–H groups in total. The van der Waals surface area contributed by atoms with E-state index >= 15 is 0 Å². The summed E-state index contributed by atoms with van der Waals surface area (Å²) in [4.78, 5) is 4.71. The highest BCUT2D eigenvalue weighted by atomic mass is 16.5. The predicted molar refractivity (Wildman–Crippen MR) is 116 cm³/mol. The first-order valence-electron chi connectivity index (χ1n) is 10.9. The fourth-order valence-corrected chi connectivity index (χ4v) is 4.31. The van der Waals surface area contributed by atoms with Crippen LogP contribution in [-0.2, 0) is 0 Å². The molecule has 0 saturated heterocycles. The minimum absolute atomic E-state index is 0.153. The van der Waals surface area contributed by atoms with E-state index in [0.29, 0.717) is 23.1 Å². The number of nitrogens with zero attached hydrogens (tertiary/aromatic N) is 4. The Balaban J connectivity index is 1.43. The van der Waals surface area contributed by atoms with Crippen molar-refractivity contribution in [2.24, 2.45) is 5.92 Å². The summed E-state index contributed by atoms with van der Waals surface area (Å²) in [5, 5.41) is 18.8. The van der Waals surface area contributed by atoms with Crippen LogP contribution in [0.3, 0.4) is 0 Å². The second kappa shape index (κ2) is 8.51. The molecule has 1 aliphatic rings. The first-order valence-corrected chi connectivity index (χ1v) is 10.9. The molecule has 5 rings (SSSR count). The maximum atomic E-state index is 10.6. The molecule has 160 valence electrons. The molecule has 7 nitrogen and oxygen atoms in total. The van der Waals surface area contributed by atoms with E-state index < -0.39 is 6.10 Å². The highest BCUT2D eigenvalue weighted by Crippen LogP contribution is 2.31. The van der Waals surface area contributed by atoms with Gasteiger partial charge < -0.3 is 14.3 Å². The van der Waals surface area contributed by atoms with Gasteiger partial charge in [0.15, 0.2) is 17.5 Å². The number of benzene rings is 1. The van der Waals surface area contributed by atoms with Crippen LogP contribution in [0.1, 0.15) is 55.4 Å². The van der Waals surface area contributed by atoms with Gasteiger partial charge in [0.05, 0.1) is 12.3 Å². The third-order valence-electron chi connectivity index (χ3n) is 5.98. The second-order valence-electron chi connectivity index (χ2n) is 8.19. The van der Waals surface area contributed by atoms with Gasteiger partial charge in [0.2, 0.25) is 5.89 Å². The van der Waals surface area contributed by atoms with Crippen molar-refractivity contribution in [2.75, 3.05) is 6.61 Å². The first kappa shape index (κ1) is 19.8. The summed E-state index contributed by atoms with van der Waals surface area (Å²) in [6.07, 6.45) is 7.32. The molecule has 1 saturated carbocycles. The average Bonchev–Trinajstić information content (AvgIpc) is 3.42. The molecule has 0 spiro atoms. The van der Waals surface area contributed by atoms with Gasteiger partial charge in [0.25, 0.3) is 5.89 Å². The monoisotopic (exact) mass is 418 g/mol. The minimum Gasteiger partial charge on any atom is -0.489 e. The van der Waals surface area contributed by atoms with Gasteiger partial charge in [-0.05, 0) is 43.4 Å². The molecular formula is C24H26N4O3. The fraction of sp³-hybridized carbons (Fsp3) is 0.375. The van der Waals surface area contributed by atoms with Gasteiger partial charge in [-0.25, -0.2) is 4.98 Å². The van der Waals surface area contributed by atoms with Crippen LogP contribution in [-0.4, -0.2) is 31.3 Å². The molecular weight excluding hydrogens is 392 g/mol. The van der Waals surface area contributed by atoms with E-state index in [1.807, 2.05) is 60.0 Å². The second-order valence-corrected chi connectivity index (χ2v) is 8.19. The smallest absolute Gasteiger partial charge is 0.266 e. The molecule has 0 aliphatic heterocycles. The molecule has 0 radical (unpaired) electrons. The third-order valence-corrected chi connectivity index (χ3v) is 5.98. The highest BCUT2D eigenvalue weighted by Gasteiger charge is 2.23. The summed E-state index contributed by atoms with van der Waals surface area (Å²) in [5.41, 5.74) is 2.90. The number of aromatic nitrogens is 4. The number of hydrogen-bond donors (Lipinski definition) is 1. The molecule has 0 amide bonds. The zero-order valence-electron chi connectivity index (χ0n) is 17.6. The van der Waals surface area contributed by atoms with Gasteiger partial charge in [-0.3, -0.25) is 4.40 Å². The molecule has 1 unspecified atom stereocenters. The summed E-state index contributed by atoms with van der Waals surface area (Å²) in [6.45, 7) is 2.62. The van der Waals surface area contributed by atoms with Gasteiger partial charge in [-0.15, -0.1) is 10.2 Å².